The van der Waals surface area contributed by atoms with Crippen LogP contribution in [0.1, 0.15) is 58.4 Å². The van der Waals surface area contributed by atoms with Crippen LogP contribution in [-0.4, -0.2) is 55.4 Å². The number of hydrogen-bond acceptors (Lipinski definition) is 8. The first-order valence-corrected chi connectivity index (χ1v) is 11.8. The number of esters is 1. The minimum atomic E-state index is -1.04. The number of carbonyl (C=O) groups is 3. The SMILES string of the molecule is CCN(CC)C(=O)[C@]1(c2ccccc2)C[C@@H]1CNC(=O)OC(C)OC(=O)CCCCCON=O. The molecule has 10 heteroatoms. The van der Waals surface area contributed by atoms with Crippen molar-refractivity contribution < 1.29 is 28.7 Å². The minimum absolute atomic E-state index is 0.0493. The molecule has 1 aromatic rings. The second kappa shape index (κ2) is 13.5. The van der Waals surface area contributed by atoms with E-state index in [2.05, 4.69) is 15.5 Å². The minimum Gasteiger partial charge on any atom is -0.425 e. The number of alkyl carbamates (subject to hydrolysis) is 1. The Morgan fingerprint density at radius 1 is 1.12 bits per heavy atom. The quantitative estimate of drug-likeness (QED) is 0.134. The van der Waals surface area contributed by atoms with E-state index in [9.17, 15) is 19.3 Å². The van der Waals surface area contributed by atoms with Crippen molar-refractivity contribution in [2.24, 2.45) is 11.3 Å². The Morgan fingerprint density at radius 2 is 1.82 bits per heavy atom. The lowest BCUT2D eigenvalue weighted by atomic mass is 9.91. The van der Waals surface area contributed by atoms with Crippen molar-refractivity contribution in [1.82, 2.24) is 10.2 Å². The van der Waals surface area contributed by atoms with Gasteiger partial charge in [-0.1, -0.05) is 30.3 Å². The third-order valence-electron chi connectivity index (χ3n) is 6.06. The molecule has 1 N–H and O–H groups in total. The van der Waals surface area contributed by atoms with Gasteiger partial charge >= 0.3 is 12.1 Å². The van der Waals surface area contributed by atoms with Gasteiger partial charge in [-0.25, -0.2) is 4.79 Å². The Balaban J connectivity index is 1.79. The Morgan fingerprint density at radius 3 is 2.47 bits per heavy atom. The summed E-state index contributed by atoms with van der Waals surface area (Å²) in [7, 11) is 0. The van der Waals surface area contributed by atoms with Gasteiger partial charge in [-0.3, -0.25) is 9.59 Å². The largest absolute Gasteiger partial charge is 0.425 e. The second-order valence-electron chi connectivity index (χ2n) is 8.28. The molecule has 0 aromatic heterocycles. The van der Waals surface area contributed by atoms with Crippen molar-refractivity contribution in [3.05, 3.63) is 40.8 Å². The van der Waals surface area contributed by atoms with E-state index in [4.69, 9.17) is 9.47 Å². The molecule has 1 aliphatic rings. The van der Waals surface area contributed by atoms with Crippen molar-refractivity contribution in [1.29, 1.82) is 0 Å². The Hall–Kier alpha value is -3.17. The fourth-order valence-electron chi connectivity index (χ4n) is 4.16. The molecule has 0 heterocycles. The van der Waals surface area contributed by atoms with E-state index in [0.29, 0.717) is 38.8 Å². The third-order valence-corrected chi connectivity index (χ3v) is 6.06. The van der Waals surface area contributed by atoms with Gasteiger partial charge in [0.1, 0.15) is 6.61 Å². The highest BCUT2D eigenvalue weighted by Gasteiger charge is 2.61. The highest BCUT2D eigenvalue weighted by Crippen LogP contribution is 2.55. The standard InChI is InChI=1S/C24H35N3O7/c1-4-27(5-2)22(29)24(19-12-8-6-9-13-19)16-20(24)17-25-23(30)34-18(3)33-21(28)14-10-7-11-15-32-26-31/h6,8-9,12-13,18,20H,4-5,7,10-11,14-17H2,1-3H3,(H,25,30)/t18?,20-,24+/m1/s1. The molecule has 0 bridgehead atoms. The molecule has 0 spiro atoms. The molecular weight excluding hydrogens is 442 g/mol. The second-order valence-corrected chi connectivity index (χ2v) is 8.28. The molecule has 0 radical (unpaired) electrons. The van der Waals surface area contributed by atoms with Gasteiger partial charge in [-0.05, 0) is 51.0 Å². The summed E-state index contributed by atoms with van der Waals surface area (Å²) < 4.78 is 10.2. The lowest BCUT2D eigenvalue weighted by molar-refractivity contribution is -0.165. The average Bonchev–Trinajstić information content (AvgIpc) is 3.57. The van der Waals surface area contributed by atoms with Crippen LogP contribution >= 0.6 is 0 Å². The van der Waals surface area contributed by atoms with Crippen LogP contribution in [0, 0.1) is 10.8 Å². The van der Waals surface area contributed by atoms with E-state index >= 15 is 0 Å². The Labute approximate surface area is 200 Å². The summed E-state index contributed by atoms with van der Waals surface area (Å²) in [6, 6.07) is 9.64. The van der Waals surface area contributed by atoms with E-state index in [1.54, 1.807) is 0 Å². The van der Waals surface area contributed by atoms with Crippen LogP contribution in [0.15, 0.2) is 35.7 Å². The summed E-state index contributed by atoms with van der Waals surface area (Å²) in [5.74, 6) is -0.461. The summed E-state index contributed by atoms with van der Waals surface area (Å²) in [6.45, 7) is 7.11. The molecule has 3 atom stereocenters. The van der Waals surface area contributed by atoms with Gasteiger partial charge < -0.3 is 24.5 Å². The molecule has 1 unspecified atom stereocenters. The summed E-state index contributed by atoms with van der Waals surface area (Å²) in [4.78, 5) is 53.4. The Kier molecular flexibility index (Phi) is 10.8. The van der Waals surface area contributed by atoms with Crippen LogP contribution in [0.4, 0.5) is 4.79 Å². The van der Waals surface area contributed by atoms with Gasteiger partial charge in [0.2, 0.25) is 12.2 Å². The van der Waals surface area contributed by atoms with Gasteiger partial charge in [-0.2, -0.15) is 0 Å². The fourth-order valence-corrected chi connectivity index (χ4v) is 4.16. The number of rotatable bonds is 15. The number of carbonyl (C=O) groups excluding carboxylic acids is 3. The van der Waals surface area contributed by atoms with Crippen LogP contribution in [-0.2, 0) is 29.3 Å². The maximum absolute atomic E-state index is 13.3. The first-order valence-electron chi connectivity index (χ1n) is 11.8. The molecule has 1 fully saturated rings. The van der Waals surface area contributed by atoms with Crippen molar-refractivity contribution >= 4 is 18.0 Å². The molecule has 34 heavy (non-hydrogen) atoms. The van der Waals surface area contributed by atoms with Crippen LogP contribution in [0.2, 0.25) is 0 Å². The topological polar surface area (TPSA) is 124 Å². The summed E-state index contributed by atoms with van der Waals surface area (Å²) in [6.07, 6.45) is 0.911. The molecule has 1 aliphatic carbocycles. The number of nitrogens with zero attached hydrogens (tertiary/aromatic N) is 2. The normalized spacial score (nSPS) is 19.4. The summed E-state index contributed by atoms with van der Waals surface area (Å²) in [5, 5.41) is 5.00. The zero-order chi connectivity index (χ0) is 25.0. The van der Waals surface area contributed by atoms with Gasteiger partial charge in [0, 0.05) is 33.0 Å². The van der Waals surface area contributed by atoms with Crippen LogP contribution in [0.25, 0.3) is 0 Å². The number of ether oxygens (including phenoxy) is 2. The molecular formula is C24H35N3O7. The van der Waals surface area contributed by atoms with E-state index in [0.717, 1.165) is 5.56 Å². The molecule has 1 saturated carbocycles. The van der Waals surface area contributed by atoms with Crippen LogP contribution in [0.3, 0.4) is 0 Å². The average molecular weight is 478 g/mol. The zero-order valence-corrected chi connectivity index (χ0v) is 20.2. The number of unbranched alkanes of at least 4 members (excludes halogenated alkanes) is 2. The first kappa shape index (κ1) is 27.1. The molecule has 188 valence electrons. The van der Waals surface area contributed by atoms with Gasteiger partial charge in [0.15, 0.2) is 5.34 Å². The van der Waals surface area contributed by atoms with E-state index in [-0.39, 0.29) is 31.4 Å². The van der Waals surface area contributed by atoms with E-state index in [1.807, 2.05) is 49.1 Å². The number of amides is 2. The number of likely N-dealkylation sites (N-methyl/N-ethyl adjacent to an activating group) is 1. The maximum atomic E-state index is 13.3. The van der Waals surface area contributed by atoms with Crippen LogP contribution < -0.4 is 5.32 Å². The van der Waals surface area contributed by atoms with Crippen LogP contribution in [0.5, 0.6) is 0 Å². The zero-order valence-electron chi connectivity index (χ0n) is 20.2. The van der Waals surface area contributed by atoms with Gasteiger partial charge in [-0.15, -0.1) is 4.91 Å². The highest BCUT2D eigenvalue weighted by atomic mass is 16.7. The molecule has 10 nitrogen and oxygen atoms in total. The Bertz CT molecular complexity index is 816. The molecule has 0 aliphatic heterocycles. The monoisotopic (exact) mass is 477 g/mol. The third kappa shape index (κ3) is 7.43. The number of nitrogens with one attached hydrogen (secondary N) is 1. The van der Waals surface area contributed by atoms with Crippen molar-refractivity contribution in [3.63, 3.8) is 0 Å². The van der Waals surface area contributed by atoms with Crippen molar-refractivity contribution in [2.75, 3.05) is 26.2 Å². The maximum Gasteiger partial charge on any atom is 0.410 e. The predicted octanol–water partition coefficient (Wildman–Crippen LogP) is 3.69. The van der Waals surface area contributed by atoms with Gasteiger partial charge in [0.25, 0.3) is 0 Å². The smallest absolute Gasteiger partial charge is 0.410 e. The molecule has 1 aromatic carbocycles. The lowest BCUT2D eigenvalue weighted by Gasteiger charge is -2.26. The fraction of sp³-hybridized carbons (Fsp3) is 0.625. The predicted molar refractivity (Wildman–Crippen MR) is 124 cm³/mol. The first-order chi connectivity index (χ1) is 16.4. The molecule has 2 amide bonds. The summed E-state index contributed by atoms with van der Waals surface area (Å²) in [5.41, 5.74) is 0.300. The molecule has 2 rings (SSSR count). The summed E-state index contributed by atoms with van der Waals surface area (Å²) >= 11 is 0. The lowest BCUT2D eigenvalue weighted by Crippen LogP contribution is -2.41. The number of hydrogen-bond donors (Lipinski definition) is 1. The van der Waals surface area contributed by atoms with Crippen molar-refractivity contribution in [3.8, 4) is 0 Å². The van der Waals surface area contributed by atoms with Gasteiger partial charge in [0.05, 0.1) is 5.41 Å². The molecule has 0 saturated heterocycles. The number of benzene rings is 1. The van der Waals surface area contributed by atoms with E-state index in [1.165, 1.54) is 6.92 Å². The van der Waals surface area contributed by atoms with Crippen molar-refractivity contribution in [2.45, 2.75) is 64.6 Å². The van der Waals surface area contributed by atoms with E-state index < -0.39 is 23.8 Å². The highest BCUT2D eigenvalue weighted by molar-refractivity contribution is 5.92.